The number of aryl methyl sites for hydroxylation is 1. The lowest BCUT2D eigenvalue weighted by Crippen LogP contribution is -2.43. The average molecular weight is 308 g/mol. The summed E-state index contributed by atoms with van der Waals surface area (Å²) >= 11 is 1.77. The maximum absolute atomic E-state index is 6.27. The summed E-state index contributed by atoms with van der Waals surface area (Å²) in [5, 5.41) is 0. The van der Waals surface area contributed by atoms with Crippen molar-refractivity contribution >= 4 is 11.3 Å². The van der Waals surface area contributed by atoms with E-state index in [0.29, 0.717) is 12.1 Å². The normalized spacial score (nSPS) is 33.3. The number of aromatic nitrogens is 1. The minimum atomic E-state index is 0.279. The summed E-state index contributed by atoms with van der Waals surface area (Å²) in [6.45, 7) is 5.90. The zero-order chi connectivity index (χ0) is 14.2. The summed E-state index contributed by atoms with van der Waals surface area (Å²) < 4.78 is 12.3. The third-order valence-corrected chi connectivity index (χ3v) is 6.00. The van der Waals surface area contributed by atoms with Crippen LogP contribution >= 0.6 is 11.3 Å². The van der Waals surface area contributed by atoms with E-state index in [2.05, 4.69) is 16.8 Å². The summed E-state index contributed by atoms with van der Waals surface area (Å²) in [5.74, 6) is 0.824. The third-order valence-electron chi connectivity index (χ3n) is 5.08. The molecule has 5 heteroatoms. The second kappa shape index (κ2) is 5.95. The first-order chi connectivity index (χ1) is 10.3. The molecule has 2 aliphatic carbocycles. The molecule has 1 aromatic heterocycles. The Morgan fingerprint density at radius 1 is 1.38 bits per heavy atom. The molecule has 1 aliphatic heterocycles. The van der Waals surface area contributed by atoms with Crippen LogP contribution in [0.1, 0.15) is 36.3 Å². The van der Waals surface area contributed by atoms with Crippen LogP contribution in [0.25, 0.3) is 0 Å². The Bertz CT molecular complexity index is 488. The van der Waals surface area contributed by atoms with Gasteiger partial charge in [0.2, 0.25) is 0 Å². The second-order valence-corrected chi connectivity index (χ2v) is 7.57. The molecule has 3 aliphatic rings. The van der Waals surface area contributed by atoms with Gasteiger partial charge >= 0.3 is 0 Å². The van der Waals surface area contributed by atoms with E-state index in [-0.39, 0.29) is 6.10 Å². The van der Waals surface area contributed by atoms with Crippen LogP contribution in [0.2, 0.25) is 0 Å². The molecule has 0 amide bonds. The standard InChI is InChI=1S/C16H24N2O2S/c1-11-15(21-10-17-11)8-18-6-7-19-14-5-4-13(18)16(14)20-9-12-2-3-12/h10,12-14,16H,2-9H2,1H3/t13-,14-,16+/m0/s1. The Kier molecular flexibility index (Phi) is 4.00. The van der Waals surface area contributed by atoms with Crippen LogP contribution < -0.4 is 0 Å². The van der Waals surface area contributed by atoms with E-state index < -0.39 is 0 Å². The van der Waals surface area contributed by atoms with Gasteiger partial charge in [-0.3, -0.25) is 4.90 Å². The average Bonchev–Trinajstić information content (AvgIpc) is 3.11. The zero-order valence-corrected chi connectivity index (χ0v) is 13.5. The molecule has 3 fully saturated rings. The van der Waals surface area contributed by atoms with Gasteiger partial charge in [-0.2, -0.15) is 0 Å². The number of thiazole rings is 1. The number of nitrogens with zero attached hydrogens (tertiary/aromatic N) is 2. The maximum atomic E-state index is 6.27. The van der Waals surface area contributed by atoms with Crippen molar-refractivity contribution in [1.29, 1.82) is 0 Å². The van der Waals surface area contributed by atoms with Gasteiger partial charge < -0.3 is 9.47 Å². The second-order valence-electron chi connectivity index (χ2n) is 6.63. The Labute approximate surface area is 130 Å². The number of ether oxygens (including phenoxy) is 2. The molecule has 0 spiro atoms. The van der Waals surface area contributed by atoms with Crippen molar-refractivity contribution in [3.8, 4) is 0 Å². The molecule has 3 atom stereocenters. The van der Waals surface area contributed by atoms with Gasteiger partial charge in [-0.1, -0.05) is 0 Å². The molecule has 0 unspecified atom stereocenters. The van der Waals surface area contributed by atoms with E-state index in [1.807, 2.05) is 5.51 Å². The van der Waals surface area contributed by atoms with E-state index in [9.17, 15) is 0 Å². The molecule has 21 heavy (non-hydrogen) atoms. The molecule has 1 saturated heterocycles. The zero-order valence-electron chi connectivity index (χ0n) is 12.7. The van der Waals surface area contributed by atoms with Crippen molar-refractivity contribution in [3.63, 3.8) is 0 Å². The van der Waals surface area contributed by atoms with E-state index in [4.69, 9.17) is 9.47 Å². The molecule has 4 rings (SSSR count). The van der Waals surface area contributed by atoms with Gasteiger partial charge in [0.05, 0.1) is 30.0 Å². The molecule has 4 nitrogen and oxygen atoms in total. The van der Waals surface area contributed by atoms with Crippen LogP contribution in [0.15, 0.2) is 5.51 Å². The molecule has 1 aromatic rings. The van der Waals surface area contributed by atoms with Crippen molar-refractivity contribution in [3.05, 3.63) is 16.1 Å². The molecule has 2 heterocycles. The topological polar surface area (TPSA) is 34.6 Å². The highest BCUT2D eigenvalue weighted by molar-refractivity contribution is 7.09. The van der Waals surface area contributed by atoms with Gasteiger partial charge in [0.15, 0.2) is 0 Å². The minimum Gasteiger partial charge on any atom is -0.374 e. The largest absolute Gasteiger partial charge is 0.374 e. The van der Waals surface area contributed by atoms with Crippen molar-refractivity contribution in [1.82, 2.24) is 9.88 Å². The fraction of sp³-hybridized carbons (Fsp3) is 0.812. The number of rotatable bonds is 5. The molecule has 116 valence electrons. The lowest BCUT2D eigenvalue weighted by molar-refractivity contribution is -0.0571. The quantitative estimate of drug-likeness (QED) is 0.837. The Balaban J connectivity index is 1.46. The predicted octanol–water partition coefficient (Wildman–Crippen LogP) is 2.61. The first-order valence-electron chi connectivity index (χ1n) is 8.17. The predicted molar refractivity (Wildman–Crippen MR) is 82.5 cm³/mol. The van der Waals surface area contributed by atoms with Crippen molar-refractivity contribution in [2.24, 2.45) is 5.92 Å². The molecule has 0 N–H and O–H groups in total. The van der Waals surface area contributed by atoms with Crippen LogP contribution in [0.4, 0.5) is 0 Å². The molecule has 0 aromatic carbocycles. The number of hydrogen-bond donors (Lipinski definition) is 0. The first kappa shape index (κ1) is 14.1. The van der Waals surface area contributed by atoms with Gasteiger partial charge in [0, 0.05) is 30.6 Å². The van der Waals surface area contributed by atoms with Crippen LogP contribution in [0, 0.1) is 12.8 Å². The van der Waals surface area contributed by atoms with E-state index in [1.165, 1.54) is 29.8 Å². The van der Waals surface area contributed by atoms with Gasteiger partial charge in [-0.25, -0.2) is 4.98 Å². The fourth-order valence-corrected chi connectivity index (χ4v) is 4.38. The monoisotopic (exact) mass is 308 g/mol. The highest BCUT2D eigenvalue weighted by Gasteiger charge is 2.43. The lowest BCUT2D eigenvalue weighted by Gasteiger charge is -2.31. The summed E-state index contributed by atoms with van der Waals surface area (Å²) in [6, 6.07) is 0.526. The lowest BCUT2D eigenvalue weighted by atomic mass is 10.1. The number of fused-ring (bicyclic) bond motifs is 2. The van der Waals surface area contributed by atoms with Crippen LogP contribution in [-0.4, -0.2) is 47.9 Å². The highest BCUT2D eigenvalue weighted by Crippen LogP contribution is 2.36. The first-order valence-corrected chi connectivity index (χ1v) is 9.05. The van der Waals surface area contributed by atoms with E-state index in [0.717, 1.165) is 38.6 Å². The summed E-state index contributed by atoms with van der Waals surface area (Å²) in [5.41, 5.74) is 3.13. The maximum Gasteiger partial charge on any atom is 0.0991 e. The van der Waals surface area contributed by atoms with Crippen molar-refractivity contribution in [2.75, 3.05) is 19.8 Å². The summed E-state index contributed by atoms with van der Waals surface area (Å²) in [4.78, 5) is 8.35. The summed E-state index contributed by atoms with van der Waals surface area (Å²) in [6.07, 6.45) is 5.66. The van der Waals surface area contributed by atoms with Gasteiger partial charge in [0.1, 0.15) is 0 Å². The van der Waals surface area contributed by atoms with Gasteiger partial charge in [0.25, 0.3) is 0 Å². The highest BCUT2D eigenvalue weighted by atomic mass is 32.1. The summed E-state index contributed by atoms with van der Waals surface area (Å²) in [7, 11) is 0. The minimum absolute atomic E-state index is 0.279. The Morgan fingerprint density at radius 3 is 3.05 bits per heavy atom. The molecule has 2 bridgehead atoms. The Hall–Kier alpha value is -0.490. The fourth-order valence-electron chi connectivity index (χ4n) is 3.58. The smallest absolute Gasteiger partial charge is 0.0991 e. The van der Waals surface area contributed by atoms with Gasteiger partial charge in [-0.05, 0) is 38.5 Å². The van der Waals surface area contributed by atoms with Crippen LogP contribution in [0.5, 0.6) is 0 Å². The Morgan fingerprint density at radius 2 is 2.29 bits per heavy atom. The van der Waals surface area contributed by atoms with Gasteiger partial charge in [-0.15, -0.1) is 11.3 Å². The molecule has 2 saturated carbocycles. The molecule has 0 radical (unpaired) electrons. The number of hydrogen-bond acceptors (Lipinski definition) is 5. The third kappa shape index (κ3) is 3.02. The van der Waals surface area contributed by atoms with Crippen molar-refractivity contribution in [2.45, 2.75) is 57.4 Å². The molecular weight excluding hydrogens is 284 g/mol. The van der Waals surface area contributed by atoms with Crippen LogP contribution in [-0.2, 0) is 16.0 Å². The van der Waals surface area contributed by atoms with E-state index >= 15 is 0 Å². The van der Waals surface area contributed by atoms with Crippen LogP contribution in [0.3, 0.4) is 0 Å². The van der Waals surface area contributed by atoms with Crippen molar-refractivity contribution < 1.29 is 9.47 Å². The SMILES string of the molecule is Cc1ncsc1CN1CCO[C@H]2CC[C@H]1[C@H]2OCC1CC1. The van der Waals surface area contributed by atoms with E-state index in [1.54, 1.807) is 11.3 Å². The molecular formula is C16H24N2O2S.